The number of Topliss-reactive ketones (excluding diaryl/α,β-unsaturated/α-hetero) is 1. The van der Waals surface area contributed by atoms with Crippen molar-refractivity contribution in [3.63, 3.8) is 0 Å². The van der Waals surface area contributed by atoms with Crippen molar-refractivity contribution in [2.45, 2.75) is 124 Å². The number of aliphatic hydroxyl groups is 2. The first-order chi connectivity index (χ1) is 71.5. The van der Waals surface area contributed by atoms with Gasteiger partial charge in [-0.25, -0.2) is 0 Å². The van der Waals surface area contributed by atoms with Crippen molar-refractivity contribution in [1.29, 1.82) is 0 Å². The molecule has 3 heterocycles. The Morgan fingerprint density at radius 3 is 0.876 bits per heavy atom. The Morgan fingerprint density at radius 1 is 0.393 bits per heavy atom. The predicted molar refractivity (Wildman–Crippen MR) is 603 cm³/mol. The normalized spacial score (nSPS) is 14.1. The molecule has 14 aromatic carbocycles. The smallest absolute Gasteiger partial charge is 0.211 e. The van der Waals surface area contributed by atoms with Crippen LogP contribution in [0.2, 0.25) is 0 Å². The van der Waals surface area contributed by atoms with E-state index in [2.05, 4.69) is 393 Å². The van der Waals surface area contributed by atoms with Crippen molar-refractivity contribution in [3.8, 4) is 17.2 Å². The first-order valence-corrected chi connectivity index (χ1v) is 57.6. The van der Waals surface area contributed by atoms with Crippen molar-refractivity contribution in [3.05, 3.63) is 430 Å². The summed E-state index contributed by atoms with van der Waals surface area (Å²) in [5.41, 5.74) is 0.881. The molecule has 0 aromatic heterocycles. The first-order valence-electron chi connectivity index (χ1n) is 49.6. The number of likely N-dealkylation sites (N-methyl/N-ethyl adjacent to an activating group) is 1. The summed E-state index contributed by atoms with van der Waals surface area (Å²) < 4.78 is 51.5. The summed E-state index contributed by atoms with van der Waals surface area (Å²) in [4.78, 5) is 34.2. The maximum absolute atomic E-state index is 11.8. The van der Waals surface area contributed by atoms with Gasteiger partial charge < -0.3 is 62.8 Å². The Balaban J connectivity index is 0.000000201. The molecule has 14 aromatic rings. The summed E-state index contributed by atoms with van der Waals surface area (Å²) in [5, 5.41) is 32.1. The van der Waals surface area contributed by atoms with E-state index in [0.29, 0.717) is 139 Å². The molecule has 145 heavy (non-hydrogen) atoms. The molecule has 1 saturated carbocycles. The lowest BCUT2D eigenvalue weighted by molar-refractivity contribution is -0.827. The highest BCUT2D eigenvalue weighted by Crippen LogP contribution is 2.37. The molecule has 18 rings (SSSR count). The number of hydrogen-bond acceptors (Lipinski definition) is 17. The number of benzene rings is 14. The van der Waals surface area contributed by atoms with E-state index >= 15 is 0 Å². The number of carbonyl (C=O) groups is 1. The number of rotatable bonds is 23. The van der Waals surface area contributed by atoms with E-state index in [1.807, 2.05) is 68.3 Å². The number of aliphatic hydroxyl groups excluding tert-OH is 2. The van der Waals surface area contributed by atoms with Crippen molar-refractivity contribution in [2.24, 2.45) is 5.92 Å². The molecule has 3 N–H and O–H groups in total. The Bertz CT molecular complexity index is 4670. The van der Waals surface area contributed by atoms with Crippen LogP contribution in [0.4, 0.5) is 0 Å². The first kappa shape index (κ1) is 120. The minimum Gasteiger partial charge on any atom is -0.690 e. The number of ether oxygens (including phenoxy) is 8. The van der Waals surface area contributed by atoms with Gasteiger partial charge in [0, 0.05) is 24.7 Å². The highest BCUT2D eigenvalue weighted by Gasteiger charge is 2.33. The third-order valence-corrected chi connectivity index (χ3v) is 33.4. The summed E-state index contributed by atoms with van der Waals surface area (Å²) in [7, 11) is 2.99. The second-order valence-electron chi connectivity index (χ2n) is 32.3. The van der Waals surface area contributed by atoms with E-state index < -0.39 is 10.8 Å². The highest BCUT2D eigenvalue weighted by molar-refractivity contribution is 8.11. The topological polar surface area (TPSA) is 200 Å². The van der Waals surface area contributed by atoms with Crippen LogP contribution in [0.15, 0.2) is 483 Å². The summed E-state index contributed by atoms with van der Waals surface area (Å²) in [6, 6.07) is 144. The van der Waals surface area contributed by atoms with Crippen LogP contribution in [0.25, 0.3) is 0 Å². The van der Waals surface area contributed by atoms with E-state index in [4.69, 9.17) is 52.7 Å². The third-order valence-electron chi connectivity index (χ3n) is 21.7. The van der Waals surface area contributed by atoms with Crippen molar-refractivity contribution >= 4 is 76.9 Å². The molecule has 1 aliphatic carbocycles. The maximum atomic E-state index is 11.8. The van der Waals surface area contributed by atoms with E-state index in [1.165, 1.54) is 126 Å². The number of hydroxylamine groups is 2. The summed E-state index contributed by atoms with van der Waals surface area (Å²) in [6.45, 7) is 18.6. The molecule has 2 saturated heterocycles. The number of hydrogen-bond donors (Lipinski definition) is 3. The number of morpholine rings is 1. The fourth-order valence-corrected chi connectivity index (χ4v) is 25.2. The molecule has 4 aliphatic rings. The summed E-state index contributed by atoms with van der Waals surface area (Å²) in [6.07, 6.45) is 10.1. The number of nitrogens with zero attached hydrogens (tertiary/aromatic N) is 2. The molecular weight excluding hydrogens is 1930 g/mol. The van der Waals surface area contributed by atoms with Gasteiger partial charge in [-0.3, -0.25) is 9.83 Å². The molecule has 1 unspecified atom stereocenters. The van der Waals surface area contributed by atoms with Gasteiger partial charge in [-0.1, -0.05) is 308 Å². The molecule has 0 radical (unpaired) electrons. The fraction of sp³-hybridized carbons (Fsp3) is 0.279. The Hall–Kier alpha value is -10.7. The maximum Gasteiger partial charge on any atom is 0.211 e. The van der Waals surface area contributed by atoms with Gasteiger partial charge in [0.25, 0.3) is 0 Å². The zero-order valence-electron chi connectivity index (χ0n) is 84.7. The van der Waals surface area contributed by atoms with Crippen LogP contribution in [-0.2, 0) is 88.2 Å². The molecule has 23 heteroatoms. The number of carbonyl (C=O) groups excluding carboxylic acids is 1. The van der Waals surface area contributed by atoms with Gasteiger partial charge in [0.2, 0.25) is 5.78 Å². The third kappa shape index (κ3) is 48.7. The highest BCUT2D eigenvalue weighted by atomic mass is 32.2. The Labute approximate surface area is 880 Å². The van der Waals surface area contributed by atoms with Gasteiger partial charge >= 0.3 is 0 Å². The van der Waals surface area contributed by atoms with E-state index in [-0.39, 0.29) is 56.8 Å². The SMILES string of the molecule is C=CS(=C)O.CC.CC1CCCCC1.CN(CCO)CCO.COc1ccc2c(c1)OCCOCCOCCOCCOCCO2.O=C(C[S+]1CCCC1)c1ccccc1.[O-]OON1CCOCC1.c1ccc([S+](c2ccccc2)c2ccccc2)cc1.c1ccc([S+](c2ccccc2)c2ccccc2)cc1.c1ccc([S+](c2ccccc2)c2ccccc2)cc1.c1ccc([S+](c2ccccc2)c2ccccc2)cc1. The largest absolute Gasteiger partial charge is 0.690 e. The molecular formula is C122H148N2O15S6+4. The molecule has 0 spiro atoms. The second kappa shape index (κ2) is 76.8. The molecule has 0 bridgehead atoms. The van der Waals surface area contributed by atoms with Crippen molar-refractivity contribution in [2.75, 3.05) is 150 Å². The lowest BCUT2D eigenvalue weighted by Gasteiger charge is -2.24. The van der Waals surface area contributed by atoms with Crippen LogP contribution in [0, 0.1) is 5.92 Å². The summed E-state index contributed by atoms with van der Waals surface area (Å²) >= 11 is 0. The average Bonchev–Trinajstić information content (AvgIpc) is 1.55. The molecule has 3 aliphatic heterocycles. The van der Waals surface area contributed by atoms with Gasteiger partial charge in [0.1, 0.15) is 30.5 Å². The Morgan fingerprint density at radius 2 is 0.641 bits per heavy atom. The van der Waals surface area contributed by atoms with Crippen LogP contribution in [0.3, 0.4) is 0 Å². The molecule has 3 fully saturated rings. The minimum atomic E-state index is -0.809. The number of methoxy groups -OCH3 is 1. The lowest BCUT2D eigenvalue weighted by atomic mass is 9.91. The predicted octanol–water partition coefficient (Wildman–Crippen LogP) is 25.2. The number of ketones is 1. The molecule has 768 valence electrons. The minimum absolute atomic E-state index is 0.0146. The standard InChI is InChI=1S/4C18H15S.C17H26O7.C12H15OS.C7H14.C5H13NO2.C4H9NO4.C3H6OS.C2H6/c4*1-4-10-16(11-5-1)19(17-12-6-2-7-13-17)18-14-8-3-9-15-18;1-18-15-2-3-16-17(14-15)24-13-11-22-9-7-20-5-4-19-6-8-21-10-12-23-16;13-12(10-14-8-4-5-9-14)11-6-2-1-3-7-11;1-7-5-3-2-4-6-7;1-6(2-4-7)3-5-8;6-9-8-5-1-3-7-4-2-5;1-3-5(2)4;1-2/h4*1-15H;2-3,14H,4-13H2,1H3;1-3,6-7H,4-5,8-10H2;7H,2-6H2,1H3;7-8H,2-5H2,1H3;6H,1-4H2;3-4H,1-2H2;1-2H3/q4*+1;;+1;;;;;/p-1. The zero-order chi connectivity index (χ0) is 103. The van der Waals surface area contributed by atoms with Gasteiger partial charge in [-0.2, -0.15) is 5.06 Å². The quantitative estimate of drug-likeness (QED) is 0.0179. The second-order valence-corrected chi connectivity index (χ2v) is 43.9. The van der Waals surface area contributed by atoms with Crippen LogP contribution in [0.1, 0.15) is 76.1 Å². The van der Waals surface area contributed by atoms with Gasteiger partial charge in [0.05, 0.1) is 143 Å². The van der Waals surface area contributed by atoms with Gasteiger partial charge in [-0.15, -0.1) is 4.99 Å². The number of fused-ring (bicyclic) bond motifs is 1. The van der Waals surface area contributed by atoms with Crippen LogP contribution in [-0.4, -0.2) is 186 Å². The Kier molecular flexibility index (Phi) is 63.4. The fourth-order valence-electron chi connectivity index (χ4n) is 14.5. The van der Waals surface area contributed by atoms with Gasteiger partial charge in [-0.05, 0) is 216 Å². The van der Waals surface area contributed by atoms with Crippen molar-refractivity contribution in [1.82, 2.24) is 9.96 Å². The molecule has 1 atom stereocenters. The van der Waals surface area contributed by atoms with Crippen molar-refractivity contribution < 1.29 is 72.7 Å². The van der Waals surface area contributed by atoms with E-state index in [9.17, 15) is 10.1 Å². The van der Waals surface area contributed by atoms with E-state index in [1.54, 1.807) is 13.2 Å². The van der Waals surface area contributed by atoms with E-state index in [0.717, 1.165) is 17.2 Å². The van der Waals surface area contributed by atoms with Gasteiger partial charge in [0.15, 0.2) is 76.0 Å². The monoisotopic (exact) mass is 2070 g/mol. The average molecular weight is 2070 g/mol. The lowest BCUT2D eigenvalue weighted by Crippen LogP contribution is -2.37. The molecule has 17 nitrogen and oxygen atoms in total. The summed E-state index contributed by atoms with van der Waals surface area (Å²) in [5.74, 6) is 9.91. The molecule has 0 amide bonds. The van der Waals surface area contributed by atoms with Crippen LogP contribution >= 0.6 is 10.8 Å². The van der Waals surface area contributed by atoms with Crippen LogP contribution < -0.4 is 19.5 Å². The zero-order valence-corrected chi connectivity index (χ0v) is 89.6. The van der Waals surface area contributed by atoms with Crippen LogP contribution in [0.5, 0.6) is 17.2 Å².